The van der Waals surface area contributed by atoms with E-state index in [0.717, 1.165) is 0 Å². The third-order valence-corrected chi connectivity index (χ3v) is 10.6. The van der Waals surface area contributed by atoms with Crippen molar-refractivity contribution in [3.63, 3.8) is 0 Å². The molecule has 2 nitrogen and oxygen atoms in total. The predicted molar refractivity (Wildman–Crippen MR) is 131 cm³/mol. The van der Waals surface area contributed by atoms with Crippen molar-refractivity contribution in [3.05, 3.63) is 113 Å². The van der Waals surface area contributed by atoms with Gasteiger partial charge in [-0.05, 0) is 57.2 Å². The fourth-order valence-electron chi connectivity index (χ4n) is 4.35. The lowest BCUT2D eigenvalue weighted by molar-refractivity contribution is -0.116. The van der Waals surface area contributed by atoms with Gasteiger partial charge in [0.2, 0.25) is 0 Å². The van der Waals surface area contributed by atoms with Gasteiger partial charge in [-0.2, -0.15) is 0 Å². The van der Waals surface area contributed by atoms with Gasteiger partial charge in [0.15, 0.2) is 11.6 Å². The number of hydrogen-bond acceptors (Lipinski definition) is 2. The van der Waals surface area contributed by atoms with Crippen LogP contribution in [0.15, 0.2) is 113 Å². The van der Waals surface area contributed by atoms with Crippen molar-refractivity contribution in [2.75, 3.05) is 6.16 Å². The van der Waals surface area contributed by atoms with E-state index in [4.69, 9.17) is 0 Å². The first-order valence-corrected chi connectivity index (χ1v) is 12.5. The van der Waals surface area contributed by atoms with Crippen LogP contribution < -0.4 is 15.9 Å². The molecule has 0 aliphatic heterocycles. The minimum absolute atomic E-state index is 0.00164. The number of rotatable bonds is 5. The maximum absolute atomic E-state index is 13.4. The van der Waals surface area contributed by atoms with Crippen LogP contribution in [-0.2, 0) is 9.59 Å². The van der Waals surface area contributed by atoms with Crippen LogP contribution in [0.5, 0.6) is 0 Å². The summed E-state index contributed by atoms with van der Waals surface area (Å²) in [7, 11) is -2.22. The van der Waals surface area contributed by atoms with Crippen molar-refractivity contribution >= 4 is 34.7 Å². The Morgan fingerprint density at radius 2 is 0.871 bits per heavy atom. The standard InChI is InChI=1S/C28H26O2P/c1-20-21(2)28(30)26(22(3)27(20)29)19-31(23-13-7-4-8-14-23,24-15-9-5-10-16-24)25-17-11-6-12-18-25/h4-18H,19H2,1-3H3/q+1. The van der Waals surface area contributed by atoms with E-state index in [1.807, 2.05) is 18.2 Å². The molecular formula is C28H26O2P+. The summed E-state index contributed by atoms with van der Waals surface area (Å²) in [6.07, 6.45) is 0.534. The van der Waals surface area contributed by atoms with Crippen molar-refractivity contribution in [1.29, 1.82) is 0 Å². The average molecular weight is 425 g/mol. The van der Waals surface area contributed by atoms with Crippen LogP contribution in [0.1, 0.15) is 20.8 Å². The summed E-state index contributed by atoms with van der Waals surface area (Å²) < 4.78 is 0. The van der Waals surface area contributed by atoms with E-state index in [1.54, 1.807) is 20.8 Å². The van der Waals surface area contributed by atoms with Gasteiger partial charge in [0.05, 0.1) is 0 Å². The molecule has 0 amide bonds. The van der Waals surface area contributed by atoms with Crippen molar-refractivity contribution < 1.29 is 9.59 Å². The number of carbonyl (C=O) groups is 2. The summed E-state index contributed by atoms with van der Waals surface area (Å²) in [5, 5.41) is 3.62. The van der Waals surface area contributed by atoms with E-state index in [0.29, 0.717) is 28.5 Å². The van der Waals surface area contributed by atoms with E-state index >= 15 is 0 Å². The molecule has 154 valence electrons. The Morgan fingerprint density at radius 1 is 0.516 bits per heavy atom. The second-order valence-electron chi connectivity index (χ2n) is 7.99. The molecule has 0 spiro atoms. The summed E-state index contributed by atoms with van der Waals surface area (Å²) in [6.45, 7) is 5.33. The lowest BCUT2D eigenvalue weighted by atomic mass is 9.87. The Labute approximate surface area is 184 Å². The molecule has 0 saturated heterocycles. The molecule has 4 rings (SSSR count). The molecule has 0 heterocycles. The number of ketones is 2. The smallest absolute Gasteiger partial charge is 0.189 e. The summed E-state index contributed by atoms with van der Waals surface area (Å²) >= 11 is 0. The Morgan fingerprint density at radius 3 is 1.26 bits per heavy atom. The zero-order valence-corrected chi connectivity index (χ0v) is 19.0. The van der Waals surface area contributed by atoms with Crippen molar-refractivity contribution in [2.45, 2.75) is 20.8 Å². The highest BCUT2D eigenvalue weighted by molar-refractivity contribution is 7.95. The molecule has 0 unspecified atom stereocenters. The second-order valence-corrected chi connectivity index (χ2v) is 11.5. The molecule has 0 N–H and O–H groups in total. The largest absolute Gasteiger partial charge is 0.289 e. The molecule has 0 bridgehead atoms. The Bertz CT molecular complexity index is 1090. The van der Waals surface area contributed by atoms with Gasteiger partial charge in [0.25, 0.3) is 0 Å². The number of benzene rings is 3. The number of hydrogen-bond donors (Lipinski definition) is 0. The summed E-state index contributed by atoms with van der Waals surface area (Å²) in [5.74, 6) is -0.0128. The molecule has 31 heavy (non-hydrogen) atoms. The molecule has 3 heteroatoms. The maximum Gasteiger partial charge on any atom is 0.189 e. The molecule has 1 aliphatic rings. The van der Waals surface area contributed by atoms with E-state index in [-0.39, 0.29) is 11.6 Å². The highest BCUT2D eigenvalue weighted by Crippen LogP contribution is 2.57. The van der Waals surface area contributed by atoms with Gasteiger partial charge >= 0.3 is 0 Å². The lowest BCUT2D eigenvalue weighted by Crippen LogP contribution is -2.36. The molecule has 0 aromatic heterocycles. The van der Waals surface area contributed by atoms with Gasteiger partial charge in [0.1, 0.15) is 29.3 Å². The van der Waals surface area contributed by atoms with Crippen molar-refractivity contribution in [2.24, 2.45) is 0 Å². The fourth-order valence-corrected chi connectivity index (χ4v) is 8.69. The van der Waals surface area contributed by atoms with Crippen LogP contribution in [0.2, 0.25) is 0 Å². The van der Waals surface area contributed by atoms with Crippen LogP contribution in [-0.4, -0.2) is 17.7 Å². The minimum atomic E-state index is -2.22. The Kier molecular flexibility index (Phi) is 5.85. The lowest BCUT2D eigenvalue weighted by Gasteiger charge is -2.30. The van der Waals surface area contributed by atoms with E-state index in [9.17, 15) is 9.59 Å². The van der Waals surface area contributed by atoms with Gasteiger partial charge < -0.3 is 0 Å². The number of Topliss-reactive ketones (excluding diaryl/α,β-unsaturated/α-hetero) is 2. The maximum atomic E-state index is 13.4. The van der Waals surface area contributed by atoms with Crippen LogP contribution in [0, 0.1) is 0 Å². The quantitative estimate of drug-likeness (QED) is 0.435. The molecule has 0 saturated carbocycles. The van der Waals surface area contributed by atoms with Gasteiger partial charge in [-0.1, -0.05) is 54.6 Å². The van der Waals surface area contributed by atoms with E-state index < -0.39 is 7.26 Å². The zero-order valence-electron chi connectivity index (χ0n) is 18.1. The van der Waals surface area contributed by atoms with Gasteiger partial charge in [-0.3, -0.25) is 9.59 Å². The summed E-state index contributed by atoms with van der Waals surface area (Å²) in [5.41, 5.74) is 2.37. The van der Waals surface area contributed by atoms with Crippen LogP contribution in [0.4, 0.5) is 0 Å². The normalized spacial score (nSPS) is 14.9. The van der Waals surface area contributed by atoms with Gasteiger partial charge in [0, 0.05) is 22.3 Å². The van der Waals surface area contributed by atoms with Crippen LogP contribution in [0.3, 0.4) is 0 Å². The molecule has 0 radical (unpaired) electrons. The highest BCUT2D eigenvalue weighted by atomic mass is 31.2. The first-order chi connectivity index (χ1) is 15.0. The highest BCUT2D eigenvalue weighted by Gasteiger charge is 2.48. The topological polar surface area (TPSA) is 34.1 Å². The SMILES string of the molecule is CC1=C(C)C(=O)C(C[P+](c2ccccc2)(c2ccccc2)c2ccccc2)=C(C)C1=O. The van der Waals surface area contributed by atoms with Crippen LogP contribution >= 0.6 is 7.26 Å². The summed E-state index contributed by atoms with van der Waals surface area (Å²) in [4.78, 5) is 26.3. The second kappa shape index (κ2) is 8.57. The molecule has 3 aromatic carbocycles. The van der Waals surface area contributed by atoms with Crippen molar-refractivity contribution in [1.82, 2.24) is 0 Å². The molecule has 0 atom stereocenters. The van der Waals surface area contributed by atoms with Crippen molar-refractivity contribution in [3.8, 4) is 0 Å². The third-order valence-electron chi connectivity index (χ3n) is 6.30. The number of allylic oxidation sites excluding steroid dienone is 4. The van der Waals surface area contributed by atoms with Gasteiger partial charge in [-0.25, -0.2) is 0 Å². The average Bonchev–Trinajstić information content (AvgIpc) is 2.83. The van der Waals surface area contributed by atoms with Crippen LogP contribution in [0.25, 0.3) is 0 Å². The summed E-state index contributed by atoms with van der Waals surface area (Å²) in [6, 6.07) is 31.3. The Hall–Kier alpha value is -3.09. The molecular weight excluding hydrogens is 399 g/mol. The molecule has 0 fully saturated rings. The minimum Gasteiger partial charge on any atom is -0.289 e. The third kappa shape index (κ3) is 3.62. The van der Waals surface area contributed by atoms with E-state index in [1.165, 1.54) is 15.9 Å². The monoisotopic (exact) mass is 425 g/mol. The zero-order chi connectivity index (χ0) is 22.0. The first kappa shape index (κ1) is 21.2. The van der Waals surface area contributed by atoms with E-state index in [2.05, 4.69) is 72.8 Å². The predicted octanol–water partition coefficient (Wildman–Crippen LogP) is 4.79. The first-order valence-electron chi connectivity index (χ1n) is 10.5. The molecule has 1 aliphatic carbocycles. The van der Waals surface area contributed by atoms with Gasteiger partial charge in [-0.15, -0.1) is 0 Å². The fraction of sp³-hybridized carbons (Fsp3) is 0.143. The Balaban J connectivity index is 2.02. The number of carbonyl (C=O) groups excluding carboxylic acids is 2. The molecule has 3 aromatic rings.